The molecule has 0 atom stereocenters. The number of hydrogen-bond acceptors (Lipinski definition) is 2. The van der Waals surface area contributed by atoms with Crippen LogP contribution in [0.3, 0.4) is 0 Å². The largest absolute Gasteiger partial charge is 0.478 e. The van der Waals surface area contributed by atoms with Crippen molar-refractivity contribution in [1.29, 1.82) is 0 Å². The fourth-order valence-corrected chi connectivity index (χ4v) is 1.51. The molecule has 3 heteroatoms. The van der Waals surface area contributed by atoms with Gasteiger partial charge in [0.05, 0.1) is 5.56 Å². The molecule has 0 amide bonds. The van der Waals surface area contributed by atoms with Gasteiger partial charge in [-0.2, -0.15) is 0 Å². The van der Waals surface area contributed by atoms with E-state index in [9.17, 15) is 4.79 Å². The van der Waals surface area contributed by atoms with Gasteiger partial charge in [0.2, 0.25) is 0 Å². The normalized spacial score (nSPS) is 10.3. The Kier molecular flexibility index (Phi) is 1.85. The maximum Gasteiger partial charge on any atom is 0.336 e. The number of nitrogens with two attached hydrogens (primary N) is 1. The van der Waals surface area contributed by atoms with E-state index in [2.05, 4.69) is 0 Å². The third kappa shape index (κ3) is 1.19. The van der Waals surface area contributed by atoms with E-state index in [4.69, 9.17) is 10.8 Å². The monoisotopic (exact) mass is 187 g/mol. The molecule has 0 aliphatic heterocycles. The first kappa shape index (κ1) is 8.56. The number of carboxylic acids is 1. The van der Waals surface area contributed by atoms with E-state index in [1.807, 2.05) is 12.1 Å². The lowest BCUT2D eigenvalue weighted by molar-refractivity contribution is 0.0699. The van der Waals surface area contributed by atoms with Gasteiger partial charge in [0.1, 0.15) is 0 Å². The molecule has 2 aromatic carbocycles. The summed E-state index contributed by atoms with van der Waals surface area (Å²) in [4.78, 5) is 10.9. The van der Waals surface area contributed by atoms with Crippen LogP contribution in [0, 0.1) is 0 Å². The number of hydrogen-bond donors (Lipinski definition) is 2. The maximum atomic E-state index is 10.9. The van der Waals surface area contributed by atoms with Crippen molar-refractivity contribution in [3.63, 3.8) is 0 Å². The smallest absolute Gasteiger partial charge is 0.336 e. The molecule has 0 unspecified atom stereocenters. The van der Waals surface area contributed by atoms with Crippen LogP contribution in [-0.4, -0.2) is 11.1 Å². The van der Waals surface area contributed by atoms with Crippen molar-refractivity contribution in [2.75, 3.05) is 5.73 Å². The summed E-state index contributed by atoms with van der Waals surface area (Å²) in [6.45, 7) is 0. The Morgan fingerprint density at radius 2 is 1.71 bits per heavy atom. The standard InChI is InChI=1S/C11H9NO2/c12-10-6-5-9(11(13)14)7-3-1-2-4-8(7)10/h1-6H,12H2,(H,13,14). The number of aromatic carboxylic acids is 1. The molecule has 0 aromatic heterocycles. The third-order valence-corrected chi connectivity index (χ3v) is 2.19. The first-order chi connectivity index (χ1) is 6.70. The highest BCUT2D eigenvalue weighted by molar-refractivity contribution is 6.07. The average molecular weight is 187 g/mol. The van der Waals surface area contributed by atoms with Gasteiger partial charge in [-0.25, -0.2) is 4.79 Å². The summed E-state index contributed by atoms with van der Waals surface area (Å²) in [5.74, 6) is -0.929. The van der Waals surface area contributed by atoms with E-state index in [0.717, 1.165) is 5.39 Å². The SMILES string of the molecule is Nc1ccc(C(=O)O)c2ccccc12. The molecule has 3 N–H and O–H groups in total. The molecule has 2 aromatic rings. The third-order valence-electron chi connectivity index (χ3n) is 2.19. The molecular formula is C11H9NO2. The fourth-order valence-electron chi connectivity index (χ4n) is 1.51. The summed E-state index contributed by atoms with van der Waals surface area (Å²) >= 11 is 0. The van der Waals surface area contributed by atoms with Crippen LogP contribution >= 0.6 is 0 Å². The molecule has 2 rings (SSSR count). The lowest BCUT2D eigenvalue weighted by atomic mass is 10.0. The molecule has 0 spiro atoms. The molecule has 3 nitrogen and oxygen atoms in total. The molecule has 0 bridgehead atoms. The van der Waals surface area contributed by atoms with E-state index in [1.165, 1.54) is 6.07 Å². The summed E-state index contributed by atoms with van der Waals surface area (Å²) in [7, 11) is 0. The van der Waals surface area contributed by atoms with Gasteiger partial charge in [-0.1, -0.05) is 24.3 Å². The summed E-state index contributed by atoms with van der Waals surface area (Å²) in [5.41, 5.74) is 6.62. The number of anilines is 1. The minimum absolute atomic E-state index is 0.287. The minimum atomic E-state index is -0.929. The number of carboxylic acid groups (broad SMARTS) is 1. The molecule has 14 heavy (non-hydrogen) atoms. The number of nitrogen functional groups attached to an aromatic ring is 1. The van der Waals surface area contributed by atoms with Gasteiger partial charge in [0, 0.05) is 11.1 Å². The zero-order valence-electron chi connectivity index (χ0n) is 7.40. The highest BCUT2D eigenvalue weighted by atomic mass is 16.4. The van der Waals surface area contributed by atoms with Gasteiger partial charge in [0.15, 0.2) is 0 Å². The van der Waals surface area contributed by atoms with Crippen LogP contribution < -0.4 is 5.73 Å². The van der Waals surface area contributed by atoms with Crippen LogP contribution in [0.2, 0.25) is 0 Å². The van der Waals surface area contributed by atoms with E-state index < -0.39 is 5.97 Å². The van der Waals surface area contributed by atoms with Crippen molar-refractivity contribution in [2.45, 2.75) is 0 Å². The second-order valence-corrected chi connectivity index (χ2v) is 3.05. The Morgan fingerprint density at radius 3 is 2.36 bits per heavy atom. The van der Waals surface area contributed by atoms with Crippen LogP contribution in [0.1, 0.15) is 10.4 Å². The van der Waals surface area contributed by atoms with Crippen molar-refractivity contribution in [1.82, 2.24) is 0 Å². The van der Waals surface area contributed by atoms with Crippen molar-refractivity contribution in [3.05, 3.63) is 42.0 Å². The predicted molar refractivity (Wildman–Crippen MR) is 55.3 cm³/mol. The lowest BCUT2D eigenvalue weighted by Crippen LogP contribution is -1.98. The summed E-state index contributed by atoms with van der Waals surface area (Å²) in [6, 6.07) is 10.4. The van der Waals surface area contributed by atoms with Crippen LogP contribution in [-0.2, 0) is 0 Å². The van der Waals surface area contributed by atoms with Crippen LogP contribution in [0.5, 0.6) is 0 Å². The molecular weight excluding hydrogens is 178 g/mol. The van der Waals surface area contributed by atoms with Crippen LogP contribution in [0.4, 0.5) is 5.69 Å². The topological polar surface area (TPSA) is 63.3 Å². The average Bonchev–Trinajstić information content (AvgIpc) is 2.18. The number of fused-ring (bicyclic) bond motifs is 1. The summed E-state index contributed by atoms with van der Waals surface area (Å²) in [5, 5.41) is 10.4. The Bertz CT molecular complexity index is 506. The summed E-state index contributed by atoms with van der Waals surface area (Å²) in [6.07, 6.45) is 0. The van der Waals surface area contributed by atoms with Crippen molar-refractivity contribution in [3.8, 4) is 0 Å². The predicted octanol–water partition coefficient (Wildman–Crippen LogP) is 2.12. The Morgan fingerprint density at radius 1 is 1.07 bits per heavy atom. The van der Waals surface area contributed by atoms with Gasteiger partial charge >= 0.3 is 5.97 Å². The fraction of sp³-hybridized carbons (Fsp3) is 0. The molecule has 0 aliphatic rings. The molecule has 0 saturated heterocycles. The number of benzene rings is 2. The maximum absolute atomic E-state index is 10.9. The quantitative estimate of drug-likeness (QED) is 0.672. The van der Waals surface area contributed by atoms with Crippen molar-refractivity contribution < 1.29 is 9.90 Å². The molecule has 70 valence electrons. The van der Waals surface area contributed by atoms with Gasteiger partial charge in [0.25, 0.3) is 0 Å². The summed E-state index contributed by atoms with van der Waals surface area (Å²) < 4.78 is 0. The van der Waals surface area contributed by atoms with E-state index >= 15 is 0 Å². The lowest BCUT2D eigenvalue weighted by Gasteiger charge is -2.04. The molecule has 0 heterocycles. The first-order valence-electron chi connectivity index (χ1n) is 4.20. The van der Waals surface area contributed by atoms with E-state index in [-0.39, 0.29) is 5.56 Å². The Balaban J connectivity index is 2.88. The highest BCUT2D eigenvalue weighted by Crippen LogP contribution is 2.24. The second kappa shape index (κ2) is 3.03. The Hall–Kier alpha value is -2.03. The van der Waals surface area contributed by atoms with Gasteiger partial charge in [-0.3, -0.25) is 0 Å². The van der Waals surface area contributed by atoms with Gasteiger partial charge < -0.3 is 10.8 Å². The van der Waals surface area contributed by atoms with E-state index in [0.29, 0.717) is 11.1 Å². The van der Waals surface area contributed by atoms with Crippen molar-refractivity contribution >= 4 is 22.4 Å². The van der Waals surface area contributed by atoms with E-state index in [1.54, 1.807) is 18.2 Å². The number of carbonyl (C=O) groups is 1. The van der Waals surface area contributed by atoms with Crippen LogP contribution in [0.15, 0.2) is 36.4 Å². The molecule has 0 radical (unpaired) electrons. The molecule has 0 saturated carbocycles. The van der Waals surface area contributed by atoms with Gasteiger partial charge in [-0.05, 0) is 17.5 Å². The first-order valence-corrected chi connectivity index (χ1v) is 4.20. The van der Waals surface area contributed by atoms with Gasteiger partial charge in [-0.15, -0.1) is 0 Å². The second-order valence-electron chi connectivity index (χ2n) is 3.05. The zero-order chi connectivity index (χ0) is 10.1. The van der Waals surface area contributed by atoms with Crippen molar-refractivity contribution in [2.24, 2.45) is 0 Å². The van der Waals surface area contributed by atoms with Crippen LogP contribution in [0.25, 0.3) is 10.8 Å². The Labute approximate surface area is 80.8 Å². The molecule has 0 fully saturated rings. The molecule has 0 aliphatic carbocycles. The zero-order valence-corrected chi connectivity index (χ0v) is 7.40. The minimum Gasteiger partial charge on any atom is -0.478 e. The number of rotatable bonds is 1. The highest BCUT2D eigenvalue weighted by Gasteiger charge is 2.08.